The molecule has 16 heavy (non-hydrogen) atoms. The van der Waals surface area contributed by atoms with Crippen molar-refractivity contribution in [2.24, 2.45) is 11.8 Å². The fourth-order valence-electron chi connectivity index (χ4n) is 2.90. The molecule has 0 aromatic carbocycles. The van der Waals surface area contributed by atoms with E-state index in [0.29, 0.717) is 30.2 Å². The number of hydrogen-bond donors (Lipinski definition) is 1. The van der Waals surface area contributed by atoms with E-state index in [1.165, 1.54) is 0 Å². The maximum absolute atomic E-state index is 11.9. The molecule has 4 heteroatoms. The highest BCUT2D eigenvalue weighted by Crippen LogP contribution is 2.33. The van der Waals surface area contributed by atoms with Crippen LogP contribution in [0.4, 0.5) is 0 Å². The lowest BCUT2D eigenvalue weighted by Crippen LogP contribution is -2.55. The number of hydrogen-bond acceptors (Lipinski definition) is 2. The van der Waals surface area contributed by atoms with E-state index in [1.54, 1.807) is 0 Å². The Morgan fingerprint density at radius 1 is 1.25 bits per heavy atom. The molecule has 0 bridgehead atoms. The van der Waals surface area contributed by atoms with Crippen molar-refractivity contribution in [2.75, 3.05) is 13.1 Å². The topological polar surface area (TPSA) is 49.4 Å². The van der Waals surface area contributed by atoms with E-state index in [4.69, 9.17) is 0 Å². The van der Waals surface area contributed by atoms with Gasteiger partial charge in [-0.05, 0) is 31.6 Å². The van der Waals surface area contributed by atoms with Crippen LogP contribution in [0, 0.1) is 11.8 Å². The van der Waals surface area contributed by atoms with E-state index < -0.39 is 0 Å². The zero-order chi connectivity index (χ0) is 11.1. The molecule has 3 rings (SSSR count). The summed E-state index contributed by atoms with van der Waals surface area (Å²) in [7, 11) is 0. The average molecular weight is 222 g/mol. The number of nitrogens with one attached hydrogen (secondary N) is 1. The summed E-state index contributed by atoms with van der Waals surface area (Å²) in [4.78, 5) is 25.2. The average Bonchev–Trinajstić information content (AvgIpc) is 3.11. The molecule has 2 unspecified atom stereocenters. The standard InChI is InChI=1S/C12H18N2O2/c15-11-4-3-9-7-14(6-5-10(9)13-11)12(16)8-1-2-8/h8-10H,1-7H2,(H,13,15). The first kappa shape index (κ1) is 10.1. The molecule has 1 aliphatic carbocycles. The minimum absolute atomic E-state index is 0.184. The van der Waals surface area contributed by atoms with Gasteiger partial charge >= 0.3 is 0 Å². The highest BCUT2D eigenvalue weighted by Gasteiger charge is 2.39. The number of amides is 2. The number of rotatable bonds is 1. The van der Waals surface area contributed by atoms with E-state index in [-0.39, 0.29) is 5.91 Å². The first-order valence-electron chi connectivity index (χ1n) is 6.32. The molecular weight excluding hydrogens is 204 g/mol. The lowest BCUT2D eigenvalue weighted by molar-refractivity contribution is -0.136. The minimum atomic E-state index is 0.184. The summed E-state index contributed by atoms with van der Waals surface area (Å²) in [5.74, 6) is 1.36. The SMILES string of the molecule is O=C1CCC2CN(C(=O)C3CC3)CCC2N1. The van der Waals surface area contributed by atoms with Crippen LogP contribution in [-0.4, -0.2) is 35.8 Å². The number of carbonyl (C=O) groups excluding carboxylic acids is 2. The summed E-state index contributed by atoms with van der Waals surface area (Å²) >= 11 is 0. The Balaban J connectivity index is 1.62. The van der Waals surface area contributed by atoms with Gasteiger partial charge in [0.2, 0.25) is 11.8 Å². The van der Waals surface area contributed by atoms with Crippen LogP contribution in [0.15, 0.2) is 0 Å². The molecule has 4 nitrogen and oxygen atoms in total. The second-order valence-corrected chi connectivity index (χ2v) is 5.32. The Bertz CT molecular complexity index is 325. The number of likely N-dealkylation sites (tertiary alicyclic amines) is 1. The van der Waals surface area contributed by atoms with Crippen LogP contribution in [0.25, 0.3) is 0 Å². The van der Waals surface area contributed by atoms with Gasteiger partial charge in [0.15, 0.2) is 0 Å². The van der Waals surface area contributed by atoms with Gasteiger partial charge < -0.3 is 10.2 Å². The Morgan fingerprint density at radius 3 is 2.81 bits per heavy atom. The monoisotopic (exact) mass is 222 g/mol. The maximum Gasteiger partial charge on any atom is 0.225 e. The van der Waals surface area contributed by atoms with Crippen LogP contribution in [0.5, 0.6) is 0 Å². The van der Waals surface area contributed by atoms with Gasteiger partial charge in [0.05, 0.1) is 0 Å². The van der Waals surface area contributed by atoms with Crippen molar-refractivity contribution >= 4 is 11.8 Å². The van der Waals surface area contributed by atoms with E-state index in [2.05, 4.69) is 5.32 Å². The molecule has 3 fully saturated rings. The zero-order valence-corrected chi connectivity index (χ0v) is 9.45. The van der Waals surface area contributed by atoms with E-state index in [9.17, 15) is 9.59 Å². The smallest absolute Gasteiger partial charge is 0.225 e. The van der Waals surface area contributed by atoms with E-state index in [1.807, 2.05) is 4.90 Å². The van der Waals surface area contributed by atoms with Gasteiger partial charge in [-0.15, -0.1) is 0 Å². The van der Waals surface area contributed by atoms with Crippen molar-refractivity contribution in [3.8, 4) is 0 Å². The molecule has 0 aromatic rings. The van der Waals surface area contributed by atoms with Crippen LogP contribution >= 0.6 is 0 Å². The second-order valence-electron chi connectivity index (χ2n) is 5.32. The van der Waals surface area contributed by atoms with Crippen molar-refractivity contribution in [3.05, 3.63) is 0 Å². The van der Waals surface area contributed by atoms with Crippen LogP contribution in [-0.2, 0) is 9.59 Å². The molecule has 2 aliphatic heterocycles. The summed E-state index contributed by atoms with van der Waals surface area (Å²) < 4.78 is 0. The van der Waals surface area contributed by atoms with Crippen LogP contribution in [0.3, 0.4) is 0 Å². The minimum Gasteiger partial charge on any atom is -0.353 e. The van der Waals surface area contributed by atoms with Gasteiger partial charge in [-0.25, -0.2) is 0 Å². The maximum atomic E-state index is 11.9. The van der Waals surface area contributed by atoms with Crippen LogP contribution in [0.2, 0.25) is 0 Å². The predicted octanol–water partition coefficient (Wildman–Crippen LogP) is 0.524. The largest absolute Gasteiger partial charge is 0.353 e. The van der Waals surface area contributed by atoms with Crippen molar-refractivity contribution in [3.63, 3.8) is 0 Å². The van der Waals surface area contributed by atoms with Gasteiger partial charge in [-0.2, -0.15) is 0 Å². The lowest BCUT2D eigenvalue weighted by Gasteiger charge is -2.41. The van der Waals surface area contributed by atoms with Crippen molar-refractivity contribution in [1.82, 2.24) is 10.2 Å². The van der Waals surface area contributed by atoms with E-state index in [0.717, 1.165) is 38.8 Å². The van der Waals surface area contributed by atoms with Gasteiger partial charge in [-0.3, -0.25) is 9.59 Å². The van der Waals surface area contributed by atoms with Gasteiger partial charge in [-0.1, -0.05) is 0 Å². The number of piperidine rings is 2. The third kappa shape index (κ3) is 1.81. The van der Waals surface area contributed by atoms with Gasteiger partial charge in [0.25, 0.3) is 0 Å². The summed E-state index contributed by atoms with van der Waals surface area (Å²) in [6, 6.07) is 0.324. The van der Waals surface area contributed by atoms with Crippen LogP contribution in [0.1, 0.15) is 32.1 Å². The zero-order valence-electron chi connectivity index (χ0n) is 9.45. The quantitative estimate of drug-likeness (QED) is 0.703. The lowest BCUT2D eigenvalue weighted by atomic mass is 9.85. The van der Waals surface area contributed by atoms with Gasteiger partial charge in [0, 0.05) is 31.5 Å². The predicted molar refractivity (Wildman–Crippen MR) is 58.6 cm³/mol. The molecule has 0 spiro atoms. The Morgan fingerprint density at radius 2 is 2.06 bits per heavy atom. The molecule has 0 radical (unpaired) electrons. The van der Waals surface area contributed by atoms with Crippen molar-refractivity contribution in [1.29, 1.82) is 0 Å². The molecule has 2 atom stereocenters. The Hall–Kier alpha value is -1.06. The third-order valence-electron chi connectivity index (χ3n) is 4.06. The first-order chi connectivity index (χ1) is 7.74. The Kier molecular flexibility index (Phi) is 2.37. The molecule has 1 saturated carbocycles. The normalized spacial score (nSPS) is 34.2. The molecule has 2 saturated heterocycles. The molecule has 2 amide bonds. The summed E-state index contributed by atoms with van der Waals surface area (Å²) in [5.41, 5.74) is 0. The Labute approximate surface area is 95.4 Å². The first-order valence-corrected chi connectivity index (χ1v) is 6.32. The highest BCUT2D eigenvalue weighted by atomic mass is 16.2. The molecule has 88 valence electrons. The summed E-state index contributed by atoms with van der Waals surface area (Å²) in [6.45, 7) is 1.69. The molecule has 0 aromatic heterocycles. The fraction of sp³-hybridized carbons (Fsp3) is 0.833. The summed E-state index contributed by atoms with van der Waals surface area (Å²) in [5, 5.41) is 3.05. The highest BCUT2D eigenvalue weighted by molar-refractivity contribution is 5.81. The van der Waals surface area contributed by atoms with Crippen LogP contribution < -0.4 is 5.32 Å². The summed E-state index contributed by atoms with van der Waals surface area (Å²) in [6.07, 6.45) is 4.69. The molecule has 2 heterocycles. The van der Waals surface area contributed by atoms with Gasteiger partial charge in [0.1, 0.15) is 0 Å². The number of fused-ring (bicyclic) bond motifs is 1. The third-order valence-corrected chi connectivity index (χ3v) is 4.06. The second kappa shape index (κ2) is 3.75. The number of carbonyl (C=O) groups is 2. The molecule has 3 aliphatic rings. The molecule has 1 N–H and O–H groups in total. The van der Waals surface area contributed by atoms with Crippen molar-refractivity contribution < 1.29 is 9.59 Å². The fourth-order valence-corrected chi connectivity index (χ4v) is 2.90. The van der Waals surface area contributed by atoms with Crippen molar-refractivity contribution in [2.45, 2.75) is 38.1 Å². The number of nitrogens with zero attached hydrogens (tertiary/aromatic N) is 1. The molecular formula is C12H18N2O2. The van der Waals surface area contributed by atoms with E-state index >= 15 is 0 Å².